The van der Waals surface area contributed by atoms with Gasteiger partial charge in [0.1, 0.15) is 21.2 Å². The fourth-order valence-corrected chi connectivity index (χ4v) is 5.28. The number of thiazole rings is 1. The third-order valence-corrected chi connectivity index (χ3v) is 7.28. The van der Waals surface area contributed by atoms with Crippen LogP contribution in [0.25, 0.3) is 10.6 Å². The van der Waals surface area contributed by atoms with Gasteiger partial charge in [-0.1, -0.05) is 18.2 Å². The average Bonchev–Trinajstić information content (AvgIpc) is 3.24. The number of hydrogen-bond acceptors (Lipinski definition) is 5. The van der Waals surface area contributed by atoms with Gasteiger partial charge in [0.05, 0.1) is 18.4 Å². The molecule has 1 aromatic heterocycles. The summed E-state index contributed by atoms with van der Waals surface area (Å²) in [4.78, 5) is 31.5. The number of carboxylic acid groups (broad SMARTS) is 1. The standard InChI is InChI=1S/C25H23F3N2O4S/c1-14-21(35-22(29-14)15-5-8-18(9-6-15)25(26,27)28)23(31)30-11-3-4-17(13-30)16-7-10-20(34-2)19(12-16)24(32)33/h5-10,12,17H,3-4,11,13H2,1-2H3,(H,32,33)/t17-/m1/s1. The van der Waals surface area contributed by atoms with Crippen LogP contribution < -0.4 is 4.74 Å². The van der Waals surface area contributed by atoms with Gasteiger partial charge >= 0.3 is 12.1 Å². The summed E-state index contributed by atoms with van der Waals surface area (Å²) in [5, 5.41) is 9.97. The van der Waals surface area contributed by atoms with Gasteiger partial charge < -0.3 is 14.7 Å². The van der Waals surface area contributed by atoms with Crippen LogP contribution >= 0.6 is 11.3 Å². The van der Waals surface area contributed by atoms with Crippen molar-refractivity contribution in [2.24, 2.45) is 0 Å². The molecule has 1 saturated heterocycles. The number of carbonyl (C=O) groups is 2. The fraction of sp³-hybridized carbons (Fsp3) is 0.320. The minimum Gasteiger partial charge on any atom is -0.496 e. The lowest BCUT2D eigenvalue weighted by atomic mass is 9.89. The van der Waals surface area contributed by atoms with E-state index in [1.165, 1.54) is 19.2 Å². The zero-order valence-electron chi connectivity index (χ0n) is 19.1. The summed E-state index contributed by atoms with van der Waals surface area (Å²) in [6.07, 6.45) is -2.85. The molecule has 1 N–H and O–H groups in total. The maximum Gasteiger partial charge on any atom is 0.416 e. The van der Waals surface area contributed by atoms with Gasteiger partial charge in [0.2, 0.25) is 0 Å². The zero-order valence-corrected chi connectivity index (χ0v) is 19.9. The highest BCUT2D eigenvalue weighted by atomic mass is 32.1. The molecule has 0 unspecified atom stereocenters. The summed E-state index contributed by atoms with van der Waals surface area (Å²) in [5.41, 5.74) is 1.20. The van der Waals surface area contributed by atoms with Crippen LogP contribution in [0.2, 0.25) is 0 Å². The highest BCUT2D eigenvalue weighted by molar-refractivity contribution is 7.17. The van der Waals surface area contributed by atoms with Crippen molar-refractivity contribution in [1.82, 2.24) is 9.88 Å². The van der Waals surface area contributed by atoms with E-state index in [4.69, 9.17) is 4.74 Å². The number of ether oxygens (including phenoxy) is 1. The van der Waals surface area contributed by atoms with Crippen molar-refractivity contribution in [2.75, 3.05) is 20.2 Å². The number of alkyl halides is 3. The smallest absolute Gasteiger partial charge is 0.416 e. The fourth-order valence-electron chi connectivity index (χ4n) is 4.24. The Labute approximate surface area is 204 Å². The van der Waals surface area contributed by atoms with E-state index < -0.39 is 17.7 Å². The van der Waals surface area contributed by atoms with Crippen LogP contribution in [0.15, 0.2) is 42.5 Å². The predicted octanol–water partition coefficient (Wildman–Crippen LogP) is 5.86. The number of aromatic carboxylic acids is 1. The first kappa shape index (κ1) is 24.7. The molecule has 1 amide bonds. The molecule has 35 heavy (non-hydrogen) atoms. The molecule has 1 aliphatic rings. The van der Waals surface area contributed by atoms with Crippen molar-refractivity contribution in [3.8, 4) is 16.3 Å². The van der Waals surface area contributed by atoms with Gasteiger partial charge in [-0.25, -0.2) is 9.78 Å². The first-order valence-corrected chi connectivity index (χ1v) is 11.8. The van der Waals surface area contributed by atoms with Crippen molar-refractivity contribution in [2.45, 2.75) is 31.9 Å². The Balaban J connectivity index is 1.54. The third-order valence-electron chi connectivity index (χ3n) is 6.08. The minimum atomic E-state index is -4.42. The van der Waals surface area contributed by atoms with E-state index in [2.05, 4.69) is 4.98 Å². The normalized spacial score (nSPS) is 16.3. The molecule has 3 aromatic rings. The molecule has 0 saturated carbocycles. The Kier molecular flexibility index (Phi) is 6.84. The molecule has 0 aliphatic carbocycles. The lowest BCUT2D eigenvalue weighted by Gasteiger charge is -2.33. The molecule has 2 aromatic carbocycles. The number of carboxylic acids is 1. The van der Waals surface area contributed by atoms with Crippen LogP contribution in [0.4, 0.5) is 13.2 Å². The molecular weight excluding hydrogens is 481 g/mol. The number of carbonyl (C=O) groups excluding carboxylic acids is 1. The molecule has 2 heterocycles. The number of likely N-dealkylation sites (tertiary alicyclic amines) is 1. The van der Waals surface area contributed by atoms with E-state index in [0.717, 1.165) is 41.9 Å². The number of aryl methyl sites for hydroxylation is 1. The first-order valence-electron chi connectivity index (χ1n) is 10.9. The summed E-state index contributed by atoms with van der Waals surface area (Å²) in [5.74, 6) is -1.02. The Morgan fingerprint density at radius 1 is 1.17 bits per heavy atom. The van der Waals surface area contributed by atoms with E-state index in [0.29, 0.717) is 34.2 Å². The van der Waals surface area contributed by atoms with Gasteiger partial charge in [-0.05, 0) is 49.6 Å². The van der Waals surface area contributed by atoms with E-state index in [1.54, 1.807) is 24.0 Å². The molecule has 6 nitrogen and oxygen atoms in total. The van der Waals surface area contributed by atoms with Gasteiger partial charge in [-0.15, -0.1) is 11.3 Å². The monoisotopic (exact) mass is 504 g/mol. The predicted molar refractivity (Wildman–Crippen MR) is 125 cm³/mol. The van der Waals surface area contributed by atoms with E-state index in [-0.39, 0.29) is 23.1 Å². The first-order chi connectivity index (χ1) is 16.6. The minimum absolute atomic E-state index is 0.0284. The number of benzene rings is 2. The number of piperidine rings is 1. The number of rotatable bonds is 5. The lowest BCUT2D eigenvalue weighted by molar-refractivity contribution is -0.137. The molecule has 184 valence electrons. The third kappa shape index (κ3) is 5.17. The number of halogens is 3. The highest BCUT2D eigenvalue weighted by Crippen LogP contribution is 2.35. The quantitative estimate of drug-likeness (QED) is 0.471. The van der Waals surface area contributed by atoms with E-state index >= 15 is 0 Å². The molecule has 4 rings (SSSR count). The van der Waals surface area contributed by atoms with Gasteiger partial charge in [0.25, 0.3) is 5.91 Å². The average molecular weight is 505 g/mol. The van der Waals surface area contributed by atoms with Crippen molar-refractivity contribution in [1.29, 1.82) is 0 Å². The van der Waals surface area contributed by atoms with Gasteiger partial charge in [0.15, 0.2) is 0 Å². The second-order valence-electron chi connectivity index (χ2n) is 8.36. The number of amides is 1. The number of hydrogen-bond donors (Lipinski definition) is 1. The second-order valence-corrected chi connectivity index (χ2v) is 9.36. The highest BCUT2D eigenvalue weighted by Gasteiger charge is 2.31. The van der Waals surface area contributed by atoms with Gasteiger partial charge in [-0.3, -0.25) is 4.79 Å². The van der Waals surface area contributed by atoms with E-state index in [9.17, 15) is 27.9 Å². The van der Waals surface area contributed by atoms with Crippen molar-refractivity contribution < 1.29 is 32.6 Å². The Bertz CT molecular complexity index is 1250. The molecule has 0 radical (unpaired) electrons. The van der Waals surface area contributed by atoms with Crippen LogP contribution in [0.5, 0.6) is 5.75 Å². The number of aromatic nitrogens is 1. The Morgan fingerprint density at radius 2 is 1.89 bits per heavy atom. The molecular formula is C25H23F3N2O4S. The molecule has 0 spiro atoms. The largest absolute Gasteiger partial charge is 0.496 e. The molecule has 0 bridgehead atoms. The molecule has 1 fully saturated rings. The summed E-state index contributed by atoms with van der Waals surface area (Å²) < 4.78 is 43.7. The number of nitrogens with zero attached hydrogens (tertiary/aromatic N) is 2. The van der Waals surface area contributed by atoms with Crippen LogP contribution in [-0.4, -0.2) is 47.1 Å². The van der Waals surface area contributed by atoms with Crippen LogP contribution in [-0.2, 0) is 6.18 Å². The summed E-state index contributed by atoms with van der Waals surface area (Å²) >= 11 is 1.16. The summed E-state index contributed by atoms with van der Waals surface area (Å²) in [6, 6.07) is 9.77. The van der Waals surface area contributed by atoms with Crippen molar-refractivity contribution in [3.63, 3.8) is 0 Å². The van der Waals surface area contributed by atoms with Crippen molar-refractivity contribution in [3.05, 3.63) is 69.7 Å². The topological polar surface area (TPSA) is 79.7 Å². The molecule has 1 atom stereocenters. The van der Waals surface area contributed by atoms with Crippen LogP contribution in [0.3, 0.4) is 0 Å². The lowest BCUT2D eigenvalue weighted by Crippen LogP contribution is -2.39. The molecule has 1 aliphatic heterocycles. The zero-order chi connectivity index (χ0) is 25.3. The molecule has 10 heteroatoms. The Hall–Kier alpha value is -3.40. The van der Waals surface area contributed by atoms with Crippen LogP contribution in [0, 0.1) is 6.92 Å². The summed E-state index contributed by atoms with van der Waals surface area (Å²) in [6.45, 7) is 2.70. The maximum atomic E-state index is 13.3. The summed E-state index contributed by atoms with van der Waals surface area (Å²) in [7, 11) is 1.42. The van der Waals surface area contributed by atoms with Crippen LogP contribution in [0.1, 0.15) is 55.6 Å². The Morgan fingerprint density at radius 3 is 2.51 bits per heavy atom. The second kappa shape index (κ2) is 9.69. The SMILES string of the molecule is COc1ccc([C@@H]2CCCN(C(=O)c3sc(-c4ccc(C(F)(F)F)cc4)nc3C)C2)cc1C(=O)O. The van der Waals surface area contributed by atoms with Crippen molar-refractivity contribution >= 4 is 23.2 Å². The number of methoxy groups -OCH3 is 1. The van der Waals surface area contributed by atoms with E-state index in [1.807, 2.05) is 6.07 Å². The maximum absolute atomic E-state index is 13.3. The van der Waals surface area contributed by atoms with Gasteiger partial charge in [0, 0.05) is 24.6 Å². The van der Waals surface area contributed by atoms with Gasteiger partial charge in [-0.2, -0.15) is 13.2 Å².